The van der Waals surface area contributed by atoms with Gasteiger partial charge in [-0.05, 0) is 25.8 Å². The highest BCUT2D eigenvalue weighted by Gasteiger charge is 2.30. The topological polar surface area (TPSA) is 110 Å². The molecule has 7 nitrogen and oxygen atoms in total. The second-order valence-electron chi connectivity index (χ2n) is 4.87. The maximum atomic E-state index is 13.8. The first-order valence-electron chi connectivity index (χ1n) is 6.24. The molecule has 0 amide bonds. The molecule has 1 atom stereocenters. The molecule has 2 N–H and O–H groups in total. The first kappa shape index (κ1) is 17.5. The summed E-state index contributed by atoms with van der Waals surface area (Å²) in [6.07, 6.45) is 0.554. The maximum absolute atomic E-state index is 13.8. The van der Waals surface area contributed by atoms with Crippen molar-refractivity contribution in [3.05, 3.63) is 34.1 Å². The number of rotatable bonds is 7. The van der Waals surface area contributed by atoms with Gasteiger partial charge in [0.25, 0.3) is 5.69 Å². The zero-order valence-corrected chi connectivity index (χ0v) is 12.5. The molecule has 21 heavy (non-hydrogen) atoms. The Balaban J connectivity index is 3.17. The lowest BCUT2D eigenvalue weighted by molar-refractivity contribution is -0.385. The highest BCUT2D eigenvalue weighted by atomic mass is 32.2. The Kier molecular flexibility index (Phi) is 5.37. The molecule has 0 aliphatic rings. The molecule has 0 aromatic heterocycles. The minimum atomic E-state index is -4.18. The lowest BCUT2D eigenvalue weighted by Crippen LogP contribution is -2.46. The standard InChI is InChI=1S/C12H17FN2O5S/c1-3-12(2,6-7-16)14-21(19,20)11-5-4-9(15(17)18)8-10(11)13/h4-5,8,14,16H,3,6-7H2,1-2H3. The minimum absolute atomic E-state index is 0.164. The quantitative estimate of drug-likeness (QED) is 0.585. The molecular formula is C12H17FN2O5S. The van der Waals surface area contributed by atoms with Crippen molar-refractivity contribution in [2.45, 2.75) is 37.1 Å². The fourth-order valence-electron chi connectivity index (χ4n) is 1.75. The average Bonchev–Trinajstić information content (AvgIpc) is 2.37. The van der Waals surface area contributed by atoms with Gasteiger partial charge in [-0.2, -0.15) is 0 Å². The minimum Gasteiger partial charge on any atom is -0.396 e. The number of halogens is 1. The largest absolute Gasteiger partial charge is 0.396 e. The monoisotopic (exact) mass is 320 g/mol. The number of hydrogen-bond acceptors (Lipinski definition) is 5. The fourth-order valence-corrected chi connectivity index (χ4v) is 3.32. The van der Waals surface area contributed by atoms with Crippen LogP contribution in [0.1, 0.15) is 26.7 Å². The molecule has 0 heterocycles. The maximum Gasteiger partial charge on any atom is 0.272 e. The van der Waals surface area contributed by atoms with Crippen LogP contribution in [-0.4, -0.2) is 30.6 Å². The Labute approximate surface area is 122 Å². The predicted molar refractivity (Wildman–Crippen MR) is 73.8 cm³/mol. The molecule has 1 aromatic carbocycles. The number of nitrogens with zero attached hydrogens (tertiary/aromatic N) is 1. The van der Waals surface area contributed by atoms with Crippen LogP contribution in [0.2, 0.25) is 0 Å². The van der Waals surface area contributed by atoms with E-state index in [4.69, 9.17) is 5.11 Å². The van der Waals surface area contributed by atoms with Gasteiger partial charge in [-0.25, -0.2) is 17.5 Å². The summed E-state index contributed by atoms with van der Waals surface area (Å²) in [5, 5.41) is 19.5. The van der Waals surface area contributed by atoms with Crippen molar-refractivity contribution in [3.63, 3.8) is 0 Å². The van der Waals surface area contributed by atoms with E-state index in [9.17, 15) is 22.9 Å². The van der Waals surface area contributed by atoms with Gasteiger partial charge in [-0.3, -0.25) is 10.1 Å². The second-order valence-corrected chi connectivity index (χ2v) is 6.52. The third-order valence-corrected chi connectivity index (χ3v) is 4.91. The van der Waals surface area contributed by atoms with Gasteiger partial charge in [0.15, 0.2) is 0 Å². The van der Waals surface area contributed by atoms with Crippen LogP contribution in [0.3, 0.4) is 0 Å². The average molecular weight is 320 g/mol. The van der Waals surface area contributed by atoms with Crippen molar-refractivity contribution in [1.82, 2.24) is 4.72 Å². The predicted octanol–water partition coefficient (Wildman–Crippen LogP) is 1.56. The molecule has 118 valence electrons. The summed E-state index contributed by atoms with van der Waals surface area (Å²) < 4.78 is 40.5. The molecule has 9 heteroatoms. The summed E-state index contributed by atoms with van der Waals surface area (Å²) in [4.78, 5) is 9.05. The third kappa shape index (κ3) is 4.19. The van der Waals surface area contributed by atoms with Gasteiger partial charge in [0, 0.05) is 18.2 Å². The first-order valence-corrected chi connectivity index (χ1v) is 7.72. The third-order valence-electron chi connectivity index (χ3n) is 3.24. The molecule has 0 bridgehead atoms. The van der Waals surface area contributed by atoms with E-state index in [2.05, 4.69) is 4.72 Å². The van der Waals surface area contributed by atoms with Crippen LogP contribution in [0, 0.1) is 15.9 Å². The smallest absolute Gasteiger partial charge is 0.272 e. The summed E-state index contributed by atoms with van der Waals surface area (Å²) in [6.45, 7) is 3.09. The van der Waals surface area contributed by atoms with Crippen molar-refractivity contribution in [3.8, 4) is 0 Å². The summed E-state index contributed by atoms with van der Waals surface area (Å²) in [5.74, 6) is -1.20. The fraction of sp³-hybridized carbons (Fsp3) is 0.500. The summed E-state index contributed by atoms with van der Waals surface area (Å²) in [6, 6.07) is 2.34. The number of nitro benzene ring substituents is 1. The van der Waals surface area contributed by atoms with Crippen molar-refractivity contribution < 1.29 is 22.8 Å². The Hall–Kier alpha value is -1.58. The molecule has 1 aromatic rings. The second kappa shape index (κ2) is 6.46. The van der Waals surface area contributed by atoms with E-state index in [1.54, 1.807) is 13.8 Å². The van der Waals surface area contributed by atoms with Gasteiger partial charge >= 0.3 is 0 Å². The van der Waals surface area contributed by atoms with Crippen LogP contribution in [-0.2, 0) is 10.0 Å². The van der Waals surface area contributed by atoms with Crippen molar-refractivity contribution in [2.24, 2.45) is 0 Å². The number of benzene rings is 1. The van der Waals surface area contributed by atoms with Crippen LogP contribution in [0.5, 0.6) is 0 Å². The summed E-state index contributed by atoms with van der Waals surface area (Å²) in [7, 11) is -4.18. The molecule has 0 fully saturated rings. The van der Waals surface area contributed by atoms with Crippen molar-refractivity contribution in [1.29, 1.82) is 0 Å². The molecule has 0 spiro atoms. The normalized spacial score (nSPS) is 14.7. The molecule has 1 rings (SSSR count). The van der Waals surface area contributed by atoms with Gasteiger partial charge in [0.2, 0.25) is 10.0 Å². The number of aliphatic hydroxyl groups is 1. The van der Waals surface area contributed by atoms with Crippen LogP contribution in [0.15, 0.2) is 23.1 Å². The van der Waals surface area contributed by atoms with E-state index < -0.39 is 36.9 Å². The molecule has 0 saturated heterocycles. The van der Waals surface area contributed by atoms with Gasteiger partial charge in [-0.15, -0.1) is 0 Å². The number of nitro groups is 1. The van der Waals surface area contributed by atoms with Gasteiger partial charge < -0.3 is 5.11 Å². The van der Waals surface area contributed by atoms with Crippen molar-refractivity contribution in [2.75, 3.05) is 6.61 Å². The van der Waals surface area contributed by atoms with E-state index in [1.807, 2.05) is 0 Å². The number of sulfonamides is 1. The number of hydrogen-bond donors (Lipinski definition) is 2. The van der Waals surface area contributed by atoms with E-state index in [0.29, 0.717) is 12.5 Å². The van der Waals surface area contributed by atoms with E-state index in [-0.39, 0.29) is 13.0 Å². The van der Waals surface area contributed by atoms with Crippen LogP contribution >= 0.6 is 0 Å². The Bertz CT molecular complexity index is 635. The zero-order valence-electron chi connectivity index (χ0n) is 11.7. The Morgan fingerprint density at radius 2 is 2.10 bits per heavy atom. The molecular weight excluding hydrogens is 303 g/mol. The molecule has 1 unspecified atom stereocenters. The lowest BCUT2D eigenvalue weighted by atomic mass is 9.97. The highest BCUT2D eigenvalue weighted by Crippen LogP contribution is 2.23. The Morgan fingerprint density at radius 1 is 1.48 bits per heavy atom. The van der Waals surface area contributed by atoms with E-state index >= 15 is 0 Å². The SMILES string of the molecule is CCC(C)(CCO)NS(=O)(=O)c1ccc([N+](=O)[O-])cc1F. The summed E-state index contributed by atoms with van der Waals surface area (Å²) in [5.41, 5.74) is -1.46. The highest BCUT2D eigenvalue weighted by molar-refractivity contribution is 7.89. The zero-order chi connectivity index (χ0) is 16.3. The van der Waals surface area contributed by atoms with Gasteiger partial charge in [-0.1, -0.05) is 6.92 Å². The number of aliphatic hydroxyl groups excluding tert-OH is 1. The van der Waals surface area contributed by atoms with Crippen LogP contribution in [0.25, 0.3) is 0 Å². The number of non-ortho nitro benzene ring substituents is 1. The molecule has 0 aliphatic carbocycles. The van der Waals surface area contributed by atoms with E-state index in [1.165, 1.54) is 0 Å². The number of nitrogens with one attached hydrogen (secondary N) is 1. The summed E-state index contributed by atoms with van der Waals surface area (Å²) >= 11 is 0. The van der Waals surface area contributed by atoms with Crippen LogP contribution < -0.4 is 4.72 Å². The van der Waals surface area contributed by atoms with E-state index in [0.717, 1.165) is 12.1 Å². The Morgan fingerprint density at radius 3 is 2.52 bits per heavy atom. The van der Waals surface area contributed by atoms with Crippen LogP contribution in [0.4, 0.5) is 10.1 Å². The van der Waals surface area contributed by atoms with Crippen molar-refractivity contribution >= 4 is 15.7 Å². The molecule has 0 aliphatic heterocycles. The lowest BCUT2D eigenvalue weighted by Gasteiger charge is -2.28. The van der Waals surface area contributed by atoms with Gasteiger partial charge in [0.1, 0.15) is 10.7 Å². The van der Waals surface area contributed by atoms with Gasteiger partial charge in [0.05, 0.1) is 11.0 Å². The molecule has 0 radical (unpaired) electrons. The first-order chi connectivity index (χ1) is 9.65. The molecule has 0 saturated carbocycles.